The third-order valence-electron chi connectivity index (χ3n) is 4.93. The molecule has 0 aliphatic rings. The van der Waals surface area contributed by atoms with Crippen molar-refractivity contribution < 1.29 is 24.3 Å². The van der Waals surface area contributed by atoms with Gasteiger partial charge in [-0.05, 0) is 18.1 Å². The van der Waals surface area contributed by atoms with Crippen LogP contribution in [0.25, 0.3) is 10.9 Å². The number of carboxylic acid groups (broad SMARTS) is 1. The van der Waals surface area contributed by atoms with Gasteiger partial charge in [0.05, 0.1) is 25.5 Å². The van der Waals surface area contributed by atoms with Gasteiger partial charge in [-0.15, -0.1) is 0 Å². The van der Waals surface area contributed by atoms with E-state index >= 15 is 0 Å². The summed E-state index contributed by atoms with van der Waals surface area (Å²) in [4.78, 5) is 57.2. The van der Waals surface area contributed by atoms with Gasteiger partial charge in [0.25, 0.3) is 0 Å². The number of rotatable bonds is 11. The van der Waals surface area contributed by atoms with Gasteiger partial charge in [0.2, 0.25) is 17.7 Å². The van der Waals surface area contributed by atoms with E-state index in [1.165, 1.54) is 12.5 Å². The Morgan fingerprint density at radius 1 is 1.03 bits per heavy atom. The number of carbonyl (C=O) groups excluding carboxylic acids is 3. The molecule has 0 bridgehead atoms. The van der Waals surface area contributed by atoms with Gasteiger partial charge < -0.3 is 36.8 Å². The minimum Gasteiger partial charge on any atom is -0.480 e. The summed E-state index contributed by atoms with van der Waals surface area (Å²) in [6, 6.07) is 5.59. The van der Waals surface area contributed by atoms with E-state index in [2.05, 4.69) is 30.9 Å². The minimum absolute atomic E-state index is 0.0133. The van der Waals surface area contributed by atoms with Gasteiger partial charge in [-0.2, -0.15) is 0 Å². The van der Waals surface area contributed by atoms with Crippen molar-refractivity contribution in [2.24, 2.45) is 5.73 Å². The molecule has 3 aromatic rings. The van der Waals surface area contributed by atoms with Crippen molar-refractivity contribution in [1.29, 1.82) is 0 Å². The quantitative estimate of drug-likeness (QED) is 0.189. The van der Waals surface area contributed by atoms with Gasteiger partial charge in [0.1, 0.15) is 6.04 Å². The number of H-pyrrole nitrogens is 2. The molecule has 12 nitrogen and oxygen atoms in total. The van der Waals surface area contributed by atoms with Gasteiger partial charge in [-0.3, -0.25) is 14.4 Å². The van der Waals surface area contributed by atoms with Crippen LogP contribution < -0.4 is 21.7 Å². The molecule has 0 spiro atoms. The number of aromatic amines is 2. The summed E-state index contributed by atoms with van der Waals surface area (Å²) in [5, 5.41) is 17.3. The van der Waals surface area contributed by atoms with Crippen molar-refractivity contribution in [3.8, 4) is 0 Å². The molecule has 12 heteroatoms. The Balaban J connectivity index is 1.39. The molecule has 2 unspecified atom stereocenters. The Hall–Kier alpha value is -4.19. The number of imidazole rings is 1. The number of fused-ring (bicyclic) bond motifs is 1. The number of nitrogens with zero attached hydrogens (tertiary/aromatic N) is 1. The first-order valence-corrected chi connectivity index (χ1v) is 10.2. The lowest BCUT2D eigenvalue weighted by Gasteiger charge is -2.14. The van der Waals surface area contributed by atoms with Crippen molar-refractivity contribution in [2.45, 2.75) is 24.9 Å². The number of aromatic nitrogens is 3. The van der Waals surface area contributed by atoms with E-state index in [0.29, 0.717) is 5.69 Å². The van der Waals surface area contributed by atoms with Crippen LogP contribution in [0.1, 0.15) is 11.3 Å². The van der Waals surface area contributed by atoms with Gasteiger partial charge >= 0.3 is 5.97 Å². The molecular weight excluding hydrogens is 430 g/mol. The van der Waals surface area contributed by atoms with Crippen LogP contribution in [0.4, 0.5) is 0 Å². The maximum atomic E-state index is 12.2. The summed E-state index contributed by atoms with van der Waals surface area (Å²) in [6.07, 6.45) is 4.94. The number of benzene rings is 1. The van der Waals surface area contributed by atoms with Crippen molar-refractivity contribution in [1.82, 2.24) is 30.9 Å². The molecule has 33 heavy (non-hydrogen) atoms. The summed E-state index contributed by atoms with van der Waals surface area (Å²) >= 11 is 0. The van der Waals surface area contributed by atoms with Crippen LogP contribution in [0.2, 0.25) is 0 Å². The van der Waals surface area contributed by atoms with Crippen LogP contribution in [-0.2, 0) is 32.0 Å². The lowest BCUT2D eigenvalue weighted by atomic mass is 10.1. The lowest BCUT2D eigenvalue weighted by molar-refractivity contribution is -0.141. The summed E-state index contributed by atoms with van der Waals surface area (Å²) in [5.74, 6) is -3.03. The minimum atomic E-state index is -1.22. The van der Waals surface area contributed by atoms with E-state index in [0.717, 1.165) is 16.5 Å². The highest BCUT2D eigenvalue weighted by Crippen LogP contribution is 2.18. The molecule has 2 atom stereocenters. The summed E-state index contributed by atoms with van der Waals surface area (Å²) in [7, 11) is 0. The Kier molecular flexibility index (Phi) is 7.76. The maximum Gasteiger partial charge on any atom is 0.326 e. The van der Waals surface area contributed by atoms with Gasteiger partial charge in [0, 0.05) is 35.4 Å². The molecule has 0 aliphatic heterocycles. The molecule has 0 saturated carbocycles. The molecule has 0 fully saturated rings. The Labute approximate surface area is 188 Å². The number of carbonyl (C=O) groups is 4. The van der Waals surface area contributed by atoms with Crippen LogP contribution in [0.5, 0.6) is 0 Å². The molecule has 8 N–H and O–H groups in total. The summed E-state index contributed by atoms with van der Waals surface area (Å²) < 4.78 is 0. The predicted molar refractivity (Wildman–Crippen MR) is 118 cm³/mol. The molecule has 2 heterocycles. The molecule has 1 aromatic carbocycles. The Bertz CT molecular complexity index is 1130. The second-order valence-electron chi connectivity index (χ2n) is 7.40. The Morgan fingerprint density at radius 2 is 1.79 bits per heavy atom. The molecular formula is C21H25N7O5. The number of hydrogen-bond acceptors (Lipinski definition) is 6. The number of nitrogens with two attached hydrogens (primary N) is 1. The maximum absolute atomic E-state index is 12.2. The molecule has 0 saturated heterocycles. The van der Waals surface area contributed by atoms with Gasteiger partial charge in [-0.25, -0.2) is 9.78 Å². The highest BCUT2D eigenvalue weighted by Gasteiger charge is 2.21. The largest absolute Gasteiger partial charge is 0.480 e. The van der Waals surface area contributed by atoms with Gasteiger partial charge in [0.15, 0.2) is 0 Å². The molecule has 0 radical (unpaired) electrons. The van der Waals surface area contributed by atoms with E-state index in [-0.39, 0.29) is 19.4 Å². The second-order valence-corrected chi connectivity index (χ2v) is 7.40. The zero-order chi connectivity index (χ0) is 23.8. The fourth-order valence-corrected chi connectivity index (χ4v) is 3.23. The van der Waals surface area contributed by atoms with E-state index in [1.54, 1.807) is 6.20 Å². The van der Waals surface area contributed by atoms with E-state index in [4.69, 9.17) is 5.73 Å². The average molecular weight is 455 g/mol. The van der Waals surface area contributed by atoms with E-state index in [1.807, 2.05) is 24.3 Å². The van der Waals surface area contributed by atoms with Crippen LogP contribution >= 0.6 is 0 Å². The molecule has 2 aromatic heterocycles. The predicted octanol–water partition coefficient (Wildman–Crippen LogP) is -1.19. The molecule has 3 rings (SSSR count). The van der Waals surface area contributed by atoms with Crippen molar-refractivity contribution in [3.63, 3.8) is 0 Å². The fourth-order valence-electron chi connectivity index (χ4n) is 3.23. The van der Waals surface area contributed by atoms with Crippen molar-refractivity contribution >= 4 is 34.6 Å². The highest BCUT2D eigenvalue weighted by molar-refractivity contribution is 5.91. The summed E-state index contributed by atoms with van der Waals surface area (Å²) in [6.45, 7) is -0.812. The smallest absolute Gasteiger partial charge is 0.326 e. The standard InChI is InChI=1S/C21H25N7O5/c22-15(5-12-7-24-16-4-2-1-3-14(12)16)20(31)26-9-18(29)25-10-19(30)28-17(21(32)33)6-13-8-23-11-27-13/h1-4,7-8,11,15,17,24H,5-6,9-10,22H2,(H,23,27)(H,25,29)(H,26,31)(H,28,30)(H,32,33). The van der Waals surface area contributed by atoms with Crippen LogP contribution in [0, 0.1) is 0 Å². The second kappa shape index (κ2) is 10.9. The number of amides is 3. The van der Waals surface area contributed by atoms with E-state index < -0.39 is 42.3 Å². The fraction of sp³-hybridized carbons (Fsp3) is 0.286. The third-order valence-corrected chi connectivity index (χ3v) is 4.93. The van der Waals surface area contributed by atoms with Crippen molar-refractivity contribution in [3.05, 3.63) is 54.2 Å². The SMILES string of the molecule is NC(Cc1c[nH]c2ccccc12)C(=O)NCC(=O)NCC(=O)NC(Cc1cnc[nH]1)C(=O)O. The zero-order valence-electron chi connectivity index (χ0n) is 17.6. The van der Waals surface area contributed by atoms with E-state index in [9.17, 15) is 24.3 Å². The first kappa shape index (κ1) is 23.5. The zero-order valence-corrected chi connectivity index (χ0v) is 17.6. The number of aliphatic carboxylic acids is 1. The number of nitrogens with one attached hydrogen (secondary N) is 5. The van der Waals surface area contributed by atoms with Crippen molar-refractivity contribution in [2.75, 3.05) is 13.1 Å². The van der Waals surface area contributed by atoms with Crippen LogP contribution in [0.3, 0.4) is 0 Å². The number of hydrogen-bond donors (Lipinski definition) is 7. The van der Waals surface area contributed by atoms with Gasteiger partial charge in [-0.1, -0.05) is 18.2 Å². The number of para-hydroxylation sites is 1. The first-order valence-electron chi connectivity index (χ1n) is 10.2. The lowest BCUT2D eigenvalue weighted by Crippen LogP contribution is -2.49. The first-order chi connectivity index (χ1) is 15.8. The molecule has 0 aliphatic carbocycles. The summed E-state index contributed by atoms with van der Waals surface area (Å²) in [5.41, 5.74) is 8.33. The van der Waals surface area contributed by atoms with Crippen LogP contribution in [0.15, 0.2) is 43.0 Å². The third kappa shape index (κ3) is 6.64. The molecule has 3 amide bonds. The van der Waals surface area contributed by atoms with Crippen LogP contribution in [-0.4, -0.2) is 68.9 Å². The molecule has 174 valence electrons. The normalized spacial score (nSPS) is 12.6. The monoisotopic (exact) mass is 455 g/mol. The number of carboxylic acids is 1. The highest BCUT2D eigenvalue weighted by atomic mass is 16.4. The average Bonchev–Trinajstić information content (AvgIpc) is 3.45. The topological polar surface area (TPSA) is 195 Å². The Morgan fingerprint density at radius 3 is 2.52 bits per heavy atom.